The van der Waals surface area contributed by atoms with Crippen molar-refractivity contribution in [1.82, 2.24) is 4.57 Å². The van der Waals surface area contributed by atoms with E-state index in [1.807, 2.05) is 47.3 Å². The average Bonchev–Trinajstić information content (AvgIpc) is 3.10. The molecule has 1 heterocycles. The van der Waals surface area contributed by atoms with E-state index in [9.17, 15) is 4.79 Å². The molecule has 0 saturated carbocycles. The Morgan fingerprint density at radius 3 is 2.64 bits per heavy atom. The molecule has 0 atom stereocenters. The Labute approximate surface area is 149 Å². The minimum absolute atomic E-state index is 0.146. The number of benzene rings is 2. The molecule has 0 amide bonds. The number of rotatable bonds is 5. The summed E-state index contributed by atoms with van der Waals surface area (Å²) in [7, 11) is 1.63. The summed E-state index contributed by atoms with van der Waals surface area (Å²) in [6.07, 6.45) is 5.48. The maximum absolute atomic E-state index is 11.0. The highest BCUT2D eigenvalue weighted by atomic mass is 35.5. The van der Waals surface area contributed by atoms with Crippen LogP contribution in [0.2, 0.25) is 5.02 Å². The zero-order chi connectivity index (χ0) is 17.8. The number of ether oxygens (including phenoxy) is 1. The fraction of sp³-hybridized carbons (Fsp3) is 0.0526. The molecule has 0 radical (unpaired) electrons. The Kier molecular flexibility index (Phi) is 4.86. The summed E-state index contributed by atoms with van der Waals surface area (Å²) in [5, 5.41) is 9.44. The van der Waals surface area contributed by atoms with Gasteiger partial charge in [0.25, 0.3) is 0 Å². The van der Waals surface area contributed by atoms with Gasteiger partial charge in [-0.05, 0) is 48.5 Å². The van der Waals surface area contributed by atoms with Gasteiger partial charge in [0.15, 0.2) is 0 Å². The summed E-state index contributed by atoms with van der Waals surface area (Å²) in [6.45, 7) is 0. The Morgan fingerprint density at radius 1 is 1.20 bits per heavy atom. The van der Waals surface area contributed by atoms with Gasteiger partial charge in [-0.15, -0.1) is 0 Å². The van der Waals surface area contributed by atoms with Crippen molar-refractivity contribution in [3.05, 3.63) is 77.1 Å². The van der Waals surface area contributed by atoms with E-state index < -0.39 is 5.97 Å². The van der Waals surface area contributed by atoms with E-state index in [4.69, 9.17) is 21.4 Å². The first-order valence-corrected chi connectivity index (χ1v) is 7.84. The molecule has 0 aliphatic carbocycles. The number of aromatic carboxylic acids is 1. The van der Waals surface area contributed by atoms with Gasteiger partial charge in [0.1, 0.15) is 5.75 Å². The topological polar surface area (TPSA) is 63.8 Å². The summed E-state index contributed by atoms with van der Waals surface area (Å²) >= 11 is 6.07. The van der Waals surface area contributed by atoms with Crippen LogP contribution >= 0.6 is 11.6 Å². The Morgan fingerprint density at radius 2 is 1.96 bits per heavy atom. The average molecular weight is 355 g/mol. The van der Waals surface area contributed by atoms with Gasteiger partial charge in [-0.25, -0.2) is 4.79 Å². The number of nitrogens with zero attached hydrogens (tertiary/aromatic N) is 2. The molecular weight excluding hydrogens is 340 g/mol. The van der Waals surface area contributed by atoms with E-state index in [-0.39, 0.29) is 5.56 Å². The largest absolute Gasteiger partial charge is 0.497 e. The molecule has 126 valence electrons. The van der Waals surface area contributed by atoms with Crippen molar-refractivity contribution in [2.45, 2.75) is 0 Å². The van der Waals surface area contributed by atoms with Gasteiger partial charge in [0.05, 0.1) is 23.4 Å². The van der Waals surface area contributed by atoms with E-state index in [0.717, 1.165) is 17.0 Å². The highest BCUT2D eigenvalue weighted by molar-refractivity contribution is 6.33. The maximum Gasteiger partial charge on any atom is 0.335 e. The van der Waals surface area contributed by atoms with Crippen molar-refractivity contribution in [3.8, 4) is 11.4 Å². The van der Waals surface area contributed by atoms with Crippen molar-refractivity contribution >= 4 is 29.5 Å². The van der Waals surface area contributed by atoms with Gasteiger partial charge in [-0.3, -0.25) is 4.99 Å². The number of hydrogen-bond donors (Lipinski definition) is 1. The van der Waals surface area contributed by atoms with Crippen LogP contribution in [-0.4, -0.2) is 29.0 Å². The first-order chi connectivity index (χ1) is 12.1. The quantitative estimate of drug-likeness (QED) is 0.681. The van der Waals surface area contributed by atoms with E-state index in [1.165, 1.54) is 18.2 Å². The smallest absolute Gasteiger partial charge is 0.335 e. The normalized spacial score (nSPS) is 11.0. The van der Waals surface area contributed by atoms with Crippen LogP contribution in [0.25, 0.3) is 5.69 Å². The number of halogens is 1. The molecule has 0 fully saturated rings. The second kappa shape index (κ2) is 7.23. The van der Waals surface area contributed by atoms with Gasteiger partial charge in [0, 0.05) is 29.9 Å². The number of carbonyl (C=O) groups is 1. The lowest BCUT2D eigenvalue weighted by Crippen LogP contribution is -1.95. The maximum atomic E-state index is 11.0. The van der Waals surface area contributed by atoms with Gasteiger partial charge >= 0.3 is 5.97 Å². The van der Waals surface area contributed by atoms with Crippen LogP contribution in [0.3, 0.4) is 0 Å². The lowest BCUT2D eigenvalue weighted by Gasteiger charge is -2.04. The number of hydrogen-bond acceptors (Lipinski definition) is 3. The molecule has 0 aliphatic rings. The van der Waals surface area contributed by atoms with Gasteiger partial charge in [-0.2, -0.15) is 0 Å². The zero-order valence-corrected chi connectivity index (χ0v) is 14.1. The van der Waals surface area contributed by atoms with Crippen LogP contribution in [0.1, 0.15) is 15.9 Å². The lowest BCUT2D eigenvalue weighted by molar-refractivity contribution is 0.0697. The molecule has 1 N–H and O–H groups in total. The Hall–Kier alpha value is -3.05. The SMILES string of the molecule is COc1ccc(-n2ccc(C=Nc3cc(C(=O)O)ccc3Cl)c2)cc1. The Bertz CT molecular complexity index is 930. The molecule has 6 heteroatoms. The van der Waals surface area contributed by atoms with Gasteiger partial charge < -0.3 is 14.4 Å². The number of methoxy groups -OCH3 is 1. The van der Waals surface area contributed by atoms with Crippen LogP contribution in [0.5, 0.6) is 5.75 Å². The van der Waals surface area contributed by atoms with Crippen molar-refractivity contribution in [1.29, 1.82) is 0 Å². The standard InChI is InChI=1S/C19H15ClN2O3/c1-25-16-5-3-15(4-6-16)22-9-8-13(12-22)11-21-18-10-14(19(23)24)2-7-17(18)20/h2-12H,1H3,(H,23,24). The third-order valence-corrected chi connectivity index (χ3v) is 3.95. The van der Waals surface area contributed by atoms with Crippen LogP contribution < -0.4 is 4.74 Å². The summed E-state index contributed by atoms with van der Waals surface area (Å²) < 4.78 is 7.11. The summed E-state index contributed by atoms with van der Waals surface area (Å²) in [6, 6.07) is 14.0. The molecule has 0 aliphatic heterocycles. The molecular formula is C19H15ClN2O3. The predicted octanol–water partition coefficient (Wildman–Crippen LogP) is 4.59. The molecule has 0 saturated heterocycles. The molecule has 3 rings (SSSR count). The minimum atomic E-state index is -1.02. The Balaban J connectivity index is 1.82. The predicted molar refractivity (Wildman–Crippen MR) is 98.0 cm³/mol. The molecule has 0 bridgehead atoms. The van der Waals surface area contributed by atoms with Crippen molar-refractivity contribution < 1.29 is 14.6 Å². The van der Waals surface area contributed by atoms with Crippen molar-refractivity contribution in [2.75, 3.05) is 7.11 Å². The fourth-order valence-electron chi connectivity index (χ4n) is 2.29. The molecule has 0 spiro atoms. The molecule has 2 aromatic carbocycles. The second-order valence-corrected chi connectivity index (χ2v) is 5.69. The summed E-state index contributed by atoms with van der Waals surface area (Å²) in [5.74, 6) is -0.218. The second-order valence-electron chi connectivity index (χ2n) is 5.28. The molecule has 25 heavy (non-hydrogen) atoms. The highest BCUT2D eigenvalue weighted by Gasteiger charge is 2.06. The van der Waals surface area contributed by atoms with Gasteiger partial charge in [0.2, 0.25) is 0 Å². The highest BCUT2D eigenvalue weighted by Crippen LogP contribution is 2.26. The van der Waals surface area contributed by atoms with Crippen LogP contribution in [0.15, 0.2) is 65.9 Å². The van der Waals surface area contributed by atoms with Crippen LogP contribution in [0, 0.1) is 0 Å². The van der Waals surface area contributed by atoms with Gasteiger partial charge in [-0.1, -0.05) is 11.6 Å². The van der Waals surface area contributed by atoms with E-state index in [0.29, 0.717) is 10.7 Å². The lowest BCUT2D eigenvalue weighted by atomic mass is 10.2. The molecule has 0 unspecified atom stereocenters. The number of aromatic nitrogens is 1. The first kappa shape index (κ1) is 16.8. The van der Waals surface area contributed by atoms with E-state index in [2.05, 4.69) is 4.99 Å². The van der Waals surface area contributed by atoms with E-state index >= 15 is 0 Å². The van der Waals surface area contributed by atoms with Crippen molar-refractivity contribution in [3.63, 3.8) is 0 Å². The monoisotopic (exact) mass is 354 g/mol. The fourth-order valence-corrected chi connectivity index (χ4v) is 2.46. The first-order valence-electron chi connectivity index (χ1n) is 7.46. The number of aliphatic imine (C=N–C) groups is 1. The van der Waals surface area contributed by atoms with Crippen LogP contribution in [-0.2, 0) is 0 Å². The number of carboxylic acids is 1. The van der Waals surface area contributed by atoms with Crippen molar-refractivity contribution in [2.24, 2.45) is 4.99 Å². The van der Waals surface area contributed by atoms with Crippen LogP contribution in [0.4, 0.5) is 5.69 Å². The number of carboxylic acid groups (broad SMARTS) is 1. The third kappa shape index (κ3) is 3.89. The summed E-state index contributed by atoms with van der Waals surface area (Å²) in [5.41, 5.74) is 2.42. The summed E-state index contributed by atoms with van der Waals surface area (Å²) in [4.78, 5) is 15.3. The van der Waals surface area contributed by atoms with E-state index in [1.54, 1.807) is 13.3 Å². The minimum Gasteiger partial charge on any atom is -0.497 e. The molecule has 3 aromatic rings. The third-order valence-electron chi connectivity index (χ3n) is 3.63. The zero-order valence-electron chi connectivity index (χ0n) is 13.4. The molecule has 1 aromatic heterocycles. The molecule has 5 nitrogen and oxygen atoms in total.